The second-order valence-corrected chi connectivity index (χ2v) is 10.4. The average molecular weight is 506 g/mol. The molecule has 9 heteroatoms. The molecule has 2 aliphatic rings. The standard InChI is InChI=1S/C27H29ClFN7/c1-4-27(2,3)33-24-17(13-30)14-31-26-21(24)11-19(12-22(26)28)32-25(16-5-7-18(29)8-6-16)23-15-36(35-34-23)20-9-10-20/h5-8,11-12,14-15,20,25,32,34-35H,4,9-10H2,1-3H3,(H,31,33). The Morgan fingerprint density at radius 1 is 1.28 bits per heavy atom. The second-order valence-electron chi connectivity index (χ2n) is 9.96. The van der Waals surface area contributed by atoms with E-state index in [0.717, 1.165) is 41.6 Å². The highest BCUT2D eigenvalue weighted by atomic mass is 35.5. The number of aromatic nitrogens is 1. The molecule has 1 atom stereocenters. The van der Waals surface area contributed by atoms with E-state index < -0.39 is 0 Å². The molecular formula is C27H29ClFN7. The van der Waals surface area contributed by atoms with E-state index in [9.17, 15) is 9.65 Å². The highest BCUT2D eigenvalue weighted by Crippen LogP contribution is 2.37. The van der Waals surface area contributed by atoms with Crippen molar-refractivity contribution in [2.24, 2.45) is 0 Å². The van der Waals surface area contributed by atoms with Gasteiger partial charge in [0.1, 0.15) is 11.9 Å². The highest BCUT2D eigenvalue weighted by molar-refractivity contribution is 6.35. The van der Waals surface area contributed by atoms with Gasteiger partial charge < -0.3 is 16.1 Å². The Labute approximate surface area is 215 Å². The fourth-order valence-electron chi connectivity index (χ4n) is 4.19. The van der Waals surface area contributed by atoms with E-state index in [4.69, 9.17) is 11.6 Å². The molecule has 2 aromatic carbocycles. The fraction of sp³-hybridized carbons (Fsp3) is 0.333. The fourth-order valence-corrected chi connectivity index (χ4v) is 4.46. The molecule has 1 aliphatic heterocycles. The number of hydrogen-bond donors (Lipinski definition) is 4. The molecule has 1 saturated carbocycles. The second kappa shape index (κ2) is 9.49. The number of fused-ring (bicyclic) bond motifs is 1. The van der Waals surface area contributed by atoms with Crippen LogP contribution in [0.1, 0.15) is 57.2 Å². The van der Waals surface area contributed by atoms with Crippen LogP contribution in [0.25, 0.3) is 10.9 Å². The maximum atomic E-state index is 13.7. The number of hydrogen-bond acceptors (Lipinski definition) is 7. The molecule has 1 unspecified atom stereocenters. The molecule has 1 aromatic heterocycles. The van der Waals surface area contributed by atoms with E-state index in [1.807, 2.05) is 18.3 Å². The minimum absolute atomic E-state index is 0.233. The van der Waals surface area contributed by atoms with Crippen molar-refractivity contribution >= 4 is 33.9 Å². The maximum Gasteiger partial charge on any atom is 0.123 e. The summed E-state index contributed by atoms with van der Waals surface area (Å²) in [5.74, 6) is -0.290. The van der Waals surface area contributed by atoms with E-state index in [1.54, 1.807) is 18.3 Å². The minimum Gasteiger partial charge on any atom is -0.379 e. The Morgan fingerprint density at radius 3 is 2.69 bits per heavy atom. The number of pyridine rings is 1. The van der Waals surface area contributed by atoms with Crippen molar-refractivity contribution in [2.45, 2.75) is 57.7 Å². The first-order chi connectivity index (χ1) is 17.3. The van der Waals surface area contributed by atoms with Gasteiger partial charge in [-0.1, -0.05) is 30.7 Å². The molecule has 0 spiro atoms. The van der Waals surface area contributed by atoms with Crippen LogP contribution in [0.2, 0.25) is 5.02 Å². The quantitative estimate of drug-likeness (QED) is 0.299. The summed E-state index contributed by atoms with van der Waals surface area (Å²) in [5, 5.41) is 20.2. The van der Waals surface area contributed by atoms with Gasteiger partial charge in [0.15, 0.2) is 0 Å². The zero-order chi connectivity index (χ0) is 25.4. The summed E-state index contributed by atoms with van der Waals surface area (Å²) in [6, 6.07) is 12.7. The Morgan fingerprint density at radius 2 is 2.03 bits per heavy atom. The predicted molar refractivity (Wildman–Crippen MR) is 141 cm³/mol. The van der Waals surface area contributed by atoms with Gasteiger partial charge in [-0.05, 0) is 62.9 Å². The van der Waals surface area contributed by atoms with Gasteiger partial charge in [-0.15, -0.1) is 5.53 Å². The molecule has 0 amide bonds. The van der Waals surface area contributed by atoms with Crippen LogP contribution in [0.4, 0.5) is 15.8 Å². The van der Waals surface area contributed by atoms with Crippen molar-refractivity contribution in [3.05, 3.63) is 76.5 Å². The van der Waals surface area contributed by atoms with Crippen LogP contribution in [-0.4, -0.2) is 21.6 Å². The van der Waals surface area contributed by atoms with Crippen LogP contribution >= 0.6 is 11.6 Å². The third-order valence-electron chi connectivity index (χ3n) is 6.77. The Kier molecular flexibility index (Phi) is 6.37. The number of rotatable bonds is 8. The number of anilines is 2. The van der Waals surface area contributed by atoms with Crippen molar-refractivity contribution in [1.29, 1.82) is 5.26 Å². The first kappa shape index (κ1) is 24.2. The summed E-state index contributed by atoms with van der Waals surface area (Å²) in [4.78, 5) is 4.47. The molecule has 1 aliphatic carbocycles. The topological polar surface area (TPSA) is 88.0 Å². The Bertz CT molecular complexity index is 1360. The summed E-state index contributed by atoms with van der Waals surface area (Å²) < 4.78 is 13.7. The van der Waals surface area contributed by atoms with Gasteiger partial charge in [-0.25, -0.2) is 4.39 Å². The normalized spacial score (nSPS) is 16.3. The largest absolute Gasteiger partial charge is 0.379 e. The van der Waals surface area contributed by atoms with Crippen molar-refractivity contribution < 1.29 is 4.39 Å². The number of nitrogens with one attached hydrogen (secondary N) is 4. The van der Waals surface area contributed by atoms with Gasteiger partial charge >= 0.3 is 0 Å². The molecule has 7 nitrogen and oxygen atoms in total. The van der Waals surface area contributed by atoms with Gasteiger partial charge in [0.25, 0.3) is 0 Å². The zero-order valence-corrected chi connectivity index (χ0v) is 21.2. The van der Waals surface area contributed by atoms with Crippen LogP contribution < -0.4 is 21.6 Å². The van der Waals surface area contributed by atoms with Crippen LogP contribution in [0, 0.1) is 17.1 Å². The summed E-state index contributed by atoms with van der Waals surface area (Å²) in [7, 11) is 0. The van der Waals surface area contributed by atoms with Crippen molar-refractivity contribution in [3.8, 4) is 6.07 Å². The van der Waals surface area contributed by atoms with Crippen molar-refractivity contribution in [2.75, 3.05) is 10.6 Å². The average Bonchev–Trinajstić information content (AvgIpc) is 3.60. The van der Waals surface area contributed by atoms with Crippen LogP contribution in [0.5, 0.6) is 0 Å². The SMILES string of the molecule is CCC(C)(C)Nc1c(C#N)cnc2c(Cl)cc(NC(C3=CN(C4CC4)NN3)c3ccc(F)cc3)cc12. The lowest BCUT2D eigenvalue weighted by Gasteiger charge is -2.28. The summed E-state index contributed by atoms with van der Waals surface area (Å²) >= 11 is 6.70. The van der Waals surface area contributed by atoms with Gasteiger partial charge in [0, 0.05) is 35.1 Å². The van der Waals surface area contributed by atoms with E-state index in [1.165, 1.54) is 12.1 Å². The zero-order valence-electron chi connectivity index (χ0n) is 20.5. The monoisotopic (exact) mass is 505 g/mol. The molecule has 0 radical (unpaired) electrons. The Balaban J connectivity index is 1.57. The highest BCUT2D eigenvalue weighted by Gasteiger charge is 2.32. The lowest BCUT2D eigenvalue weighted by Crippen LogP contribution is -2.38. The molecule has 4 N–H and O–H groups in total. The summed E-state index contributed by atoms with van der Waals surface area (Å²) in [5.41, 5.74) is 10.6. The van der Waals surface area contributed by atoms with Crippen LogP contribution in [0.15, 0.2) is 54.5 Å². The molecule has 5 rings (SSSR count). The summed E-state index contributed by atoms with van der Waals surface area (Å²) in [6.45, 7) is 6.27. The number of benzene rings is 2. The maximum absolute atomic E-state index is 13.7. The van der Waals surface area contributed by atoms with Crippen LogP contribution in [-0.2, 0) is 0 Å². The Hall–Kier alpha value is -3.54. The molecule has 186 valence electrons. The first-order valence-electron chi connectivity index (χ1n) is 12.1. The molecule has 1 fully saturated rings. The van der Waals surface area contributed by atoms with E-state index >= 15 is 0 Å². The van der Waals surface area contributed by atoms with E-state index in [2.05, 4.69) is 58.4 Å². The first-order valence-corrected chi connectivity index (χ1v) is 12.5. The number of hydrazine groups is 2. The molecule has 2 heterocycles. The van der Waals surface area contributed by atoms with E-state index in [-0.39, 0.29) is 17.4 Å². The number of nitrogens with zero attached hydrogens (tertiary/aromatic N) is 3. The lowest BCUT2D eigenvalue weighted by atomic mass is 9.99. The third-order valence-corrected chi connectivity index (χ3v) is 7.05. The van der Waals surface area contributed by atoms with Gasteiger partial charge in [0.05, 0.1) is 33.5 Å². The summed E-state index contributed by atoms with van der Waals surface area (Å²) in [6.07, 6.45) is 6.76. The molecule has 3 aromatic rings. The van der Waals surface area contributed by atoms with E-state index in [0.29, 0.717) is 27.8 Å². The molecule has 36 heavy (non-hydrogen) atoms. The van der Waals surface area contributed by atoms with Gasteiger partial charge in [-0.3, -0.25) is 9.99 Å². The van der Waals surface area contributed by atoms with Crippen molar-refractivity contribution in [3.63, 3.8) is 0 Å². The van der Waals surface area contributed by atoms with Gasteiger partial charge in [-0.2, -0.15) is 5.26 Å². The third kappa shape index (κ3) is 4.90. The van der Waals surface area contributed by atoms with Crippen LogP contribution in [0.3, 0.4) is 0 Å². The molecule has 0 bridgehead atoms. The lowest BCUT2D eigenvalue weighted by molar-refractivity contribution is 0.260. The van der Waals surface area contributed by atoms with Crippen molar-refractivity contribution in [1.82, 2.24) is 21.0 Å². The number of halogens is 2. The predicted octanol–water partition coefficient (Wildman–Crippen LogP) is 5.98. The molecular weight excluding hydrogens is 477 g/mol. The smallest absolute Gasteiger partial charge is 0.123 e. The number of nitriles is 1. The molecule has 0 saturated heterocycles. The van der Waals surface area contributed by atoms with Gasteiger partial charge in [0.2, 0.25) is 0 Å². The minimum atomic E-state index is -0.300.